The van der Waals surface area contributed by atoms with Crippen LogP contribution >= 0.6 is 24.2 Å². The van der Waals surface area contributed by atoms with Crippen LogP contribution in [0.25, 0.3) is 0 Å². The highest BCUT2D eigenvalue weighted by atomic mass is 35.5. The number of rotatable bonds is 0. The lowest BCUT2D eigenvalue weighted by Gasteiger charge is -2.15. The molecule has 1 aromatic rings. The molecule has 1 aliphatic heterocycles. The number of hydrogen-bond donors (Lipinski definition) is 1. The molecule has 2 rings (SSSR count). The largest absolute Gasteiger partial charge is 0.385 e. The normalized spacial score (nSPS) is 15.5. The molecule has 0 aromatic heterocycles. The summed E-state index contributed by atoms with van der Waals surface area (Å²) in [6, 6.07) is 6.68. The first kappa shape index (κ1) is 11.7. The summed E-state index contributed by atoms with van der Waals surface area (Å²) in [5, 5.41) is 3.48. The summed E-state index contributed by atoms with van der Waals surface area (Å²) in [6.07, 6.45) is 1.28. The van der Waals surface area contributed by atoms with Gasteiger partial charge in [-0.25, -0.2) is 0 Å². The van der Waals surface area contributed by atoms with Crippen molar-refractivity contribution in [2.75, 3.05) is 17.6 Å². The van der Waals surface area contributed by atoms with Gasteiger partial charge < -0.3 is 5.32 Å². The van der Waals surface area contributed by atoms with Gasteiger partial charge in [-0.2, -0.15) is 11.8 Å². The minimum absolute atomic E-state index is 0. The number of aryl methyl sites for hydroxylation is 1. The molecule has 0 aliphatic carbocycles. The minimum atomic E-state index is 0. The predicted molar refractivity (Wildman–Crippen MR) is 67.7 cm³/mol. The van der Waals surface area contributed by atoms with Crippen LogP contribution in [-0.4, -0.2) is 12.3 Å². The van der Waals surface area contributed by atoms with Gasteiger partial charge in [0.05, 0.1) is 0 Å². The van der Waals surface area contributed by atoms with Crippen molar-refractivity contribution >= 4 is 29.9 Å². The number of benzene rings is 1. The summed E-state index contributed by atoms with van der Waals surface area (Å²) < 4.78 is 0. The van der Waals surface area contributed by atoms with E-state index in [0.717, 1.165) is 12.3 Å². The maximum atomic E-state index is 3.48. The van der Waals surface area contributed by atoms with Gasteiger partial charge in [0.25, 0.3) is 0 Å². The molecule has 1 N–H and O–H groups in total. The fourth-order valence-electron chi connectivity index (χ4n) is 1.59. The molecule has 0 saturated carbocycles. The van der Waals surface area contributed by atoms with Gasteiger partial charge in [-0.1, -0.05) is 17.7 Å². The molecule has 1 nitrogen and oxygen atoms in total. The Balaban J connectivity index is 0.000000980. The smallest absolute Gasteiger partial charge is 0.0381 e. The van der Waals surface area contributed by atoms with Crippen LogP contribution in [0.2, 0.25) is 0 Å². The molecule has 1 aliphatic rings. The second-order valence-corrected chi connectivity index (χ2v) is 4.60. The average Bonchev–Trinajstić information content (AvgIpc) is 2.08. The molecule has 0 atom stereocenters. The van der Waals surface area contributed by atoms with Crippen LogP contribution in [0, 0.1) is 6.92 Å². The second kappa shape index (κ2) is 5.52. The third kappa shape index (κ3) is 2.82. The number of fused-ring (bicyclic) bond motifs is 1. The average molecular weight is 230 g/mol. The number of hydrogen-bond acceptors (Lipinski definition) is 2. The number of nitrogens with one attached hydrogen (secondary N) is 1. The Kier molecular flexibility index (Phi) is 4.63. The molecule has 3 heteroatoms. The fraction of sp³-hybridized carbons (Fsp3) is 0.455. The van der Waals surface area contributed by atoms with E-state index in [1.807, 2.05) is 11.8 Å². The minimum Gasteiger partial charge on any atom is -0.385 e. The monoisotopic (exact) mass is 229 g/mol. The Bertz CT molecular complexity index is 301. The standard InChI is InChI=1S/C11H15NS.ClH/c1-9-3-4-11-10(7-9)8-13-6-2-5-12-11;/h3-4,7,12H,2,5-6,8H2,1H3;1H. The number of halogens is 1. The Morgan fingerprint density at radius 2 is 2.21 bits per heavy atom. The van der Waals surface area contributed by atoms with E-state index >= 15 is 0 Å². The zero-order valence-corrected chi connectivity index (χ0v) is 10.0. The first-order valence-electron chi connectivity index (χ1n) is 4.77. The summed E-state index contributed by atoms with van der Waals surface area (Å²) in [4.78, 5) is 0. The van der Waals surface area contributed by atoms with Gasteiger partial charge in [0.15, 0.2) is 0 Å². The van der Waals surface area contributed by atoms with Gasteiger partial charge in [-0.05, 0) is 30.7 Å². The fourth-order valence-corrected chi connectivity index (χ4v) is 2.55. The third-order valence-corrected chi connectivity index (χ3v) is 3.39. The predicted octanol–water partition coefficient (Wildman–Crippen LogP) is 3.47. The number of anilines is 1. The van der Waals surface area contributed by atoms with E-state index in [1.165, 1.54) is 29.0 Å². The van der Waals surface area contributed by atoms with E-state index in [9.17, 15) is 0 Å². The first-order chi connectivity index (χ1) is 6.36. The van der Waals surface area contributed by atoms with Crippen LogP contribution in [0.3, 0.4) is 0 Å². The van der Waals surface area contributed by atoms with Gasteiger partial charge in [0, 0.05) is 18.0 Å². The molecular weight excluding hydrogens is 214 g/mol. The summed E-state index contributed by atoms with van der Waals surface area (Å²) in [5.74, 6) is 2.43. The van der Waals surface area contributed by atoms with E-state index in [4.69, 9.17) is 0 Å². The molecule has 0 radical (unpaired) electrons. The SMILES string of the molecule is Cc1ccc2c(c1)CSCCCN2.Cl. The van der Waals surface area contributed by atoms with Crippen molar-refractivity contribution < 1.29 is 0 Å². The molecule has 0 saturated heterocycles. The van der Waals surface area contributed by atoms with Crippen LogP contribution in [-0.2, 0) is 5.75 Å². The van der Waals surface area contributed by atoms with Crippen molar-refractivity contribution in [2.45, 2.75) is 19.1 Å². The van der Waals surface area contributed by atoms with E-state index in [-0.39, 0.29) is 12.4 Å². The van der Waals surface area contributed by atoms with Crippen LogP contribution in [0.15, 0.2) is 18.2 Å². The molecule has 14 heavy (non-hydrogen) atoms. The Labute approximate surface area is 96.1 Å². The molecule has 0 amide bonds. The molecule has 78 valence electrons. The lowest BCUT2D eigenvalue weighted by atomic mass is 10.1. The van der Waals surface area contributed by atoms with Gasteiger partial charge in [-0.15, -0.1) is 12.4 Å². The van der Waals surface area contributed by atoms with Crippen molar-refractivity contribution in [3.63, 3.8) is 0 Å². The summed E-state index contributed by atoms with van der Waals surface area (Å²) in [5.41, 5.74) is 4.16. The van der Waals surface area contributed by atoms with Crippen molar-refractivity contribution in [3.8, 4) is 0 Å². The topological polar surface area (TPSA) is 12.0 Å². The van der Waals surface area contributed by atoms with E-state index in [0.29, 0.717) is 0 Å². The van der Waals surface area contributed by atoms with Gasteiger partial charge in [0.2, 0.25) is 0 Å². The lowest BCUT2D eigenvalue weighted by Crippen LogP contribution is -2.07. The molecular formula is C11H16ClNS. The quantitative estimate of drug-likeness (QED) is 0.731. The van der Waals surface area contributed by atoms with E-state index in [1.54, 1.807) is 0 Å². The van der Waals surface area contributed by atoms with Crippen molar-refractivity contribution in [1.82, 2.24) is 0 Å². The van der Waals surface area contributed by atoms with E-state index < -0.39 is 0 Å². The summed E-state index contributed by atoms with van der Waals surface area (Å²) in [6.45, 7) is 3.27. The molecule has 0 spiro atoms. The Hall–Kier alpha value is -0.340. The lowest BCUT2D eigenvalue weighted by molar-refractivity contribution is 0.980. The van der Waals surface area contributed by atoms with Crippen LogP contribution in [0.1, 0.15) is 17.5 Å². The Morgan fingerprint density at radius 1 is 1.36 bits per heavy atom. The highest BCUT2D eigenvalue weighted by molar-refractivity contribution is 7.98. The van der Waals surface area contributed by atoms with Gasteiger partial charge in [-0.3, -0.25) is 0 Å². The van der Waals surface area contributed by atoms with Gasteiger partial charge in [0.1, 0.15) is 0 Å². The zero-order chi connectivity index (χ0) is 9.10. The van der Waals surface area contributed by atoms with Crippen molar-refractivity contribution in [2.24, 2.45) is 0 Å². The summed E-state index contributed by atoms with van der Waals surface area (Å²) in [7, 11) is 0. The maximum absolute atomic E-state index is 3.48. The highest BCUT2D eigenvalue weighted by Crippen LogP contribution is 2.24. The Morgan fingerprint density at radius 3 is 3.07 bits per heavy atom. The van der Waals surface area contributed by atoms with E-state index in [2.05, 4.69) is 30.4 Å². The number of thioether (sulfide) groups is 1. The molecule has 0 unspecified atom stereocenters. The van der Waals surface area contributed by atoms with Crippen LogP contribution in [0.4, 0.5) is 5.69 Å². The van der Waals surface area contributed by atoms with Gasteiger partial charge >= 0.3 is 0 Å². The van der Waals surface area contributed by atoms with Crippen LogP contribution < -0.4 is 5.32 Å². The van der Waals surface area contributed by atoms with Crippen LogP contribution in [0.5, 0.6) is 0 Å². The highest BCUT2D eigenvalue weighted by Gasteiger charge is 2.05. The molecule has 1 heterocycles. The molecule has 1 aromatic carbocycles. The first-order valence-corrected chi connectivity index (χ1v) is 5.93. The molecule has 0 bridgehead atoms. The zero-order valence-electron chi connectivity index (χ0n) is 8.38. The second-order valence-electron chi connectivity index (χ2n) is 3.49. The maximum Gasteiger partial charge on any atom is 0.0381 e. The summed E-state index contributed by atoms with van der Waals surface area (Å²) >= 11 is 2.04. The molecule has 0 fully saturated rings. The van der Waals surface area contributed by atoms with Crippen molar-refractivity contribution in [3.05, 3.63) is 29.3 Å². The third-order valence-electron chi connectivity index (χ3n) is 2.30. The van der Waals surface area contributed by atoms with Crippen molar-refractivity contribution in [1.29, 1.82) is 0 Å².